The summed E-state index contributed by atoms with van der Waals surface area (Å²) in [5.41, 5.74) is 6.01. The molecule has 2 heteroatoms. The second-order valence-corrected chi connectivity index (χ2v) is 4.86. The Morgan fingerprint density at radius 2 is 2.08 bits per heavy atom. The Hall–Kier alpha value is -0.0800. The third-order valence-electron chi connectivity index (χ3n) is 2.80. The van der Waals surface area contributed by atoms with E-state index in [0.717, 1.165) is 12.5 Å². The van der Waals surface area contributed by atoms with E-state index in [0.29, 0.717) is 5.54 Å². The van der Waals surface area contributed by atoms with E-state index in [9.17, 15) is 0 Å². The highest BCUT2D eigenvalue weighted by molar-refractivity contribution is 4.82. The average molecular weight is 170 g/mol. The summed E-state index contributed by atoms with van der Waals surface area (Å²) in [5.74, 6) is 0.734. The van der Waals surface area contributed by atoms with E-state index in [1.807, 2.05) is 0 Å². The number of nitrogens with two attached hydrogens (primary N) is 1. The number of hydrogen-bond acceptors (Lipinski definition) is 2. The van der Waals surface area contributed by atoms with E-state index < -0.39 is 0 Å². The molecule has 2 nitrogen and oxygen atoms in total. The molecule has 1 rings (SSSR count). The number of likely N-dealkylation sites (tertiary alicyclic amines) is 1. The summed E-state index contributed by atoms with van der Waals surface area (Å²) in [6.45, 7) is 10.1. The molecule has 1 heterocycles. The highest BCUT2D eigenvalue weighted by Crippen LogP contribution is 2.22. The molecule has 0 bridgehead atoms. The minimum atomic E-state index is 0.327. The van der Waals surface area contributed by atoms with Gasteiger partial charge in [0.15, 0.2) is 0 Å². The summed E-state index contributed by atoms with van der Waals surface area (Å²) in [5, 5.41) is 0. The van der Waals surface area contributed by atoms with Crippen LogP contribution in [0, 0.1) is 5.92 Å². The third-order valence-corrected chi connectivity index (χ3v) is 2.80. The molecule has 1 saturated heterocycles. The molecule has 0 amide bonds. The molecule has 0 unspecified atom stereocenters. The van der Waals surface area contributed by atoms with Crippen LogP contribution >= 0.6 is 0 Å². The molecule has 72 valence electrons. The fourth-order valence-electron chi connectivity index (χ4n) is 1.87. The van der Waals surface area contributed by atoms with Gasteiger partial charge in [0.05, 0.1) is 0 Å². The van der Waals surface area contributed by atoms with Gasteiger partial charge in [-0.15, -0.1) is 0 Å². The van der Waals surface area contributed by atoms with Crippen molar-refractivity contribution in [3.05, 3.63) is 0 Å². The molecule has 0 aliphatic carbocycles. The number of piperidine rings is 1. The Labute approximate surface area is 76.1 Å². The van der Waals surface area contributed by atoms with Crippen molar-refractivity contribution < 1.29 is 0 Å². The molecule has 1 aliphatic heterocycles. The van der Waals surface area contributed by atoms with E-state index in [-0.39, 0.29) is 0 Å². The predicted octanol–water partition coefficient (Wildman–Crippen LogP) is 1.46. The number of hydrogen-bond donors (Lipinski definition) is 1. The Morgan fingerprint density at radius 3 is 2.58 bits per heavy atom. The van der Waals surface area contributed by atoms with Crippen LogP contribution in [0.2, 0.25) is 0 Å². The van der Waals surface area contributed by atoms with Crippen LogP contribution in [0.25, 0.3) is 0 Å². The van der Waals surface area contributed by atoms with Gasteiger partial charge in [-0.25, -0.2) is 0 Å². The zero-order valence-electron chi connectivity index (χ0n) is 8.64. The lowest BCUT2D eigenvalue weighted by molar-refractivity contribution is 0.0815. The van der Waals surface area contributed by atoms with Gasteiger partial charge >= 0.3 is 0 Å². The summed E-state index contributed by atoms with van der Waals surface area (Å²) in [6.07, 6.45) is 2.64. The standard InChI is InChI=1S/C10H22N2/c1-10(2,3)12-6-4-5-9(7-11)8-12/h9H,4-8,11H2,1-3H3/t9-/m1/s1. The smallest absolute Gasteiger partial charge is 0.0125 e. The summed E-state index contributed by atoms with van der Waals surface area (Å²) in [7, 11) is 0. The lowest BCUT2D eigenvalue weighted by Gasteiger charge is -2.41. The van der Waals surface area contributed by atoms with Crippen LogP contribution in [0.3, 0.4) is 0 Å². The molecule has 1 aliphatic rings. The second-order valence-electron chi connectivity index (χ2n) is 4.86. The van der Waals surface area contributed by atoms with E-state index >= 15 is 0 Å². The molecule has 0 aromatic rings. The van der Waals surface area contributed by atoms with Crippen molar-refractivity contribution in [1.29, 1.82) is 0 Å². The minimum Gasteiger partial charge on any atom is -0.330 e. The molecular formula is C10H22N2. The van der Waals surface area contributed by atoms with Gasteiger partial charge in [0.2, 0.25) is 0 Å². The zero-order chi connectivity index (χ0) is 9.19. The quantitative estimate of drug-likeness (QED) is 0.645. The summed E-state index contributed by atoms with van der Waals surface area (Å²) in [6, 6.07) is 0. The Kier molecular flexibility index (Phi) is 3.13. The van der Waals surface area contributed by atoms with Gasteiger partial charge in [-0.2, -0.15) is 0 Å². The van der Waals surface area contributed by atoms with Crippen molar-refractivity contribution in [3.63, 3.8) is 0 Å². The molecule has 1 atom stereocenters. The first-order valence-corrected chi connectivity index (χ1v) is 4.99. The molecule has 2 N–H and O–H groups in total. The van der Waals surface area contributed by atoms with E-state index in [2.05, 4.69) is 25.7 Å². The van der Waals surface area contributed by atoms with Crippen LogP contribution in [0.4, 0.5) is 0 Å². The lowest BCUT2D eigenvalue weighted by Crippen LogP contribution is -2.48. The van der Waals surface area contributed by atoms with Gasteiger partial charge in [-0.1, -0.05) is 0 Å². The van der Waals surface area contributed by atoms with Gasteiger partial charge in [0, 0.05) is 12.1 Å². The second kappa shape index (κ2) is 3.75. The van der Waals surface area contributed by atoms with Crippen molar-refractivity contribution in [2.24, 2.45) is 11.7 Å². The first kappa shape index (κ1) is 10.0. The van der Waals surface area contributed by atoms with Crippen molar-refractivity contribution in [2.75, 3.05) is 19.6 Å². The van der Waals surface area contributed by atoms with Crippen molar-refractivity contribution in [3.8, 4) is 0 Å². The summed E-state index contributed by atoms with van der Waals surface area (Å²) in [4.78, 5) is 2.55. The van der Waals surface area contributed by atoms with Crippen molar-refractivity contribution in [2.45, 2.75) is 39.2 Å². The predicted molar refractivity (Wildman–Crippen MR) is 53.1 cm³/mol. The normalized spacial score (nSPS) is 27.5. The van der Waals surface area contributed by atoms with Crippen LogP contribution in [-0.2, 0) is 0 Å². The first-order chi connectivity index (χ1) is 5.54. The van der Waals surface area contributed by atoms with E-state index in [1.165, 1.54) is 25.9 Å². The van der Waals surface area contributed by atoms with Crippen molar-refractivity contribution in [1.82, 2.24) is 4.90 Å². The molecule has 0 aromatic carbocycles. The van der Waals surface area contributed by atoms with Crippen LogP contribution in [0.5, 0.6) is 0 Å². The van der Waals surface area contributed by atoms with Gasteiger partial charge in [-0.3, -0.25) is 4.90 Å². The fraction of sp³-hybridized carbons (Fsp3) is 1.00. The van der Waals surface area contributed by atoms with Crippen LogP contribution in [-0.4, -0.2) is 30.1 Å². The minimum absolute atomic E-state index is 0.327. The maximum Gasteiger partial charge on any atom is 0.0125 e. The monoisotopic (exact) mass is 170 g/mol. The Bertz CT molecular complexity index is 137. The van der Waals surface area contributed by atoms with Gasteiger partial charge < -0.3 is 5.73 Å². The Balaban J connectivity index is 2.46. The van der Waals surface area contributed by atoms with Crippen LogP contribution in [0.15, 0.2) is 0 Å². The highest BCUT2D eigenvalue weighted by atomic mass is 15.2. The summed E-state index contributed by atoms with van der Waals surface area (Å²) >= 11 is 0. The largest absolute Gasteiger partial charge is 0.330 e. The molecular weight excluding hydrogens is 148 g/mol. The molecule has 0 radical (unpaired) electrons. The average Bonchev–Trinajstić information content (AvgIpc) is 2.03. The molecule has 1 fully saturated rings. The SMILES string of the molecule is CC(C)(C)N1CCC[C@H](CN)C1. The number of nitrogens with zero attached hydrogens (tertiary/aromatic N) is 1. The van der Waals surface area contributed by atoms with Gasteiger partial charge in [0.1, 0.15) is 0 Å². The summed E-state index contributed by atoms with van der Waals surface area (Å²) < 4.78 is 0. The molecule has 0 saturated carbocycles. The van der Waals surface area contributed by atoms with Crippen LogP contribution < -0.4 is 5.73 Å². The zero-order valence-corrected chi connectivity index (χ0v) is 8.64. The maximum absolute atomic E-state index is 5.68. The van der Waals surface area contributed by atoms with Crippen molar-refractivity contribution >= 4 is 0 Å². The molecule has 0 spiro atoms. The fourth-order valence-corrected chi connectivity index (χ4v) is 1.87. The topological polar surface area (TPSA) is 29.3 Å². The van der Waals surface area contributed by atoms with E-state index in [1.54, 1.807) is 0 Å². The van der Waals surface area contributed by atoms with Crippen LogP contribution in [0.1, 0.15) is 33.6 Å². The first-order valence-electron chi connectivity index (χ1n) is 4.99. The maximum atomic E-state index is 5.68. The number of rotatable bonds is 1. The van der Waals surface area contributed by atoms with Gasteiger partial charge in [-0.05, 0) is 52.6 Å². The van der Waals surface area contributed by atoms with E-state index in [4.69, 9.17) is 5.73 Å². The molecule has 0 aromatic heterocycles. The lowest BCUT2D eigenvalue weighted by atomic mass is 9.94. The van der Waals surface area contributed by atoms with Gasteiger partial charge in [0.25, 0.3) is 0 Å². The highest BCUT2D eigenvalue weighted by Gasteiger charge is 2.26. The molecule has 12 heavy (non-hydrogen) atoms. The Morgan fingerprint density at radius 1 is 1.42 bits per heavy atom. The third kappa shape index (κ3) is 2.46.